The zero-order valence-electron chi connectivity index (χ0n) is 14.9. The standard InChI is InChI=1S/C18H21FN2O4S/c1-11-9-15(13(3)25-11)12(2)20-18(22)14-5-6-16(19)17(10-14)26(23,24)21-7-4-8-21/h5-6,9-10,12H,4,7-8H2,1-3H3,(H,20,22)/t12-/m1/s1. The van der Waals surface area contributed by atoms with Crippen LogP contribution in [0.4, 0.5) is 4.39 Å². The molecular weight excluding hydrogens is 359 g/mol. The predicted octanol–water partition coefficient (Wildman–Crippen LogP) is 2.92. The molecule has 8 heteroatoms. The molecule has 1 fully saturated rings. The van der Waals surface area contributed by atoms with Gasteiger partial charge in [0.15, 0.2) is 0 Å². The molecule has 0 spiro atoms. The number of hydrogen-bond donors (Lipinski definition) is 1. The maximum atomic E-state index is 14.1. The Kier molecular flexibility index (Phi) is 4.90. The van der Waals surface area contributed by atoms with Crippen LogP contribution in [0.2, 0.25) is 0 Å². The molecule has 26 heavy (non-hydrogen) atoms. The average Bonchev–Trinajstić information content (AvgIpc) is 2.83. The van der Waals surface area contributed by atoms with Crippen LogP contribution >= 0.6 is 0 Å². The van der Waals surface area contributed by atoms with Gasteiger partial charge in [0.2, 0.25) is 10.0 Å². The van der Waals surface area contributed by atoms with Crippen molar-refractivity contribution in [1.29, 1.82) is 0 Å². The van der Waals surface area contributed by atoms with Crippen LogP contribution in [0.15, 0.2) is 33.6 Å². The number of rotatable bonds is 5. The second-order valence-electron chi connectivity index (χ2n) is 6.47. The smallest absolute Gasteiger partial charge is 0.251 e. The molecule has 6 nitrogen and oxygen atoms in total. The third-order valence-electron chi connectivity index (χ3n) is 4.52. The highest BCUT2D eigenvalue weighted by molar-refractivity contribution is 7.89. The fourth-order valence-electron chi connectivity index (χ4n) is 2.95. The van der Waals surface area contributed by atoms with E-state index in [-0.39, 0.29) is 11.6 Å². The van der Waals surface area contributed by atoms with Crippen molar-refractivity contribution < 1.29 is 22.0 Å². The molecule has 1 amide bonds. The summed E-state index contributed by atoms with van der Waals surface area (Å²) in [7, 11) is -3.91. The molecule has 1 aliphatic heterocycles. The predicted molar refractivity (Wildman–Crippen MR) is 93.8 cm³/mol. The zero-order chi connectivity index (χ0) is 19.1. The number of nitrogens with zero attached hydrogens (tertiary/aromatic N) is 1. The van der Waals surface area contributed by atoms with E-state index in [0.717, 1.165) is 29.9 Å². The Morgan fingerprint density at radius 3 is 2.50 bits per heavy atom. The van der Waals surface area contributed by atoms with Crippen LogP contribution in [-0.4, -0.2) is 31.7 Å². The number of nitrogens with one attached hydrogen (secondary N) is 1. The molecule has 140 valence electrons. The first-order valence-electron chi connectivity index (χ1n) is 8.37. The fourth-order valence-corrected chi connectivity index (χ4v) is 4.55. The monoisotopic (exact) mass is 380 g/mol. The van der Waals surface area contributed by atoms with Crippen LogP contribution < -0.4 is 5.32 Å². The van der Waals surface area contributed by atoms with E-state index in [1.807, 2.05) is 13.0 Å². The van der Waals surface area contributed by atoms with Crippen molar-refractivity contribution in [3.8, 4) is 0 Å². The van der Waals surface area contributed by atoms with E-state index >= 15 is 0 Å². The largest absolute Gasteiger partial charge is 0.466 e. The Balaban J connectivity index is 1.84. The van der Waals surface area contributed by atoms with Crippen molar-refractivity contribution in [2.45, 2.75) is 38.1 Å². The first kappa shape index (κ1) is 18.6. The number of halogens is 1. The molecule has 1 saturated heterocycles. The average molecular weight is 380 g/mol. The van der Waals surface area contributed by atoms with Gasteiger partial charge in [0.25, 0.3) is 5.91 Å². The van der Waals surface area contributed by atoms with Crippen molar-refractivity contribution in [3.63, 3.8) is 0 Å². The number of furan rings is 1. The minimum absolute atomic E-state index is 0.0928. The van der Waals surface area contributed by atoms with Gasteiger partial charge in [-0.05, 0) is 51.5 Å². The van der Waals surface area contributed by atoms with Gasteiger partial charge in [-0.1, -0.05) is 0 Å². The molecule has 0 radical (unpaired) electrons. The van der Waals surface area contributed by atoms with Crippen LogP contribution in [0, 0.1) is 19.7 Å². The second kappa shape index (κ2) is 6.85. The second-order valence-corrected chi connectivity index (χ2v) is 8.37. The molecule has 1 aromatic carbocycles. The van der Waals surface area contributed by atoms with Gasteiger partial charge in [-0.2, -0.15) is 4.31 Å². The first-order valence-corrected chi connectivity index (χ1v) is 9.81. The summed E-state index contributed by atoms with van der Waals surface area (Å²) in [5, 5.41) is 2.79. The van der Waals surface area contributed by atoms with Gasteiger partial charge in [-0.15, -0.1) is 0 Å². The van der Waals surface area contributed by atoms with Gasteiger partial charge in [0.1, 0.15) is 22.2 Å². The summed E-state index contributed by atoms with van der Waals surface area (Å²) in [5.74, 6) is 0.109. The molecule has 1 atom stereocenters. The van der Waals surface area contributed by atoms with Crippen molar-refractivity contribution in [2.24, 2.45) is 0 Å². The summed E-state index contributed by atoms with van der Waals surface area (Å²) in [5.41, 5.74) is 0.932. The fraction of sp³-hybridized carbons (Fsp3) is 0.389. The van der Waals surface area contributed by atoms with Gasteiger partial charge >= 0.3 is 0 Å². The molecular formula is C18H21FN2O4S. The molecule has 3 rings (SSSR count). The molecule has 1 aromatic heterocycles. The van der Waals surface area contributed by atoms with E-state index in [1.54, 1.807) is 13.8 Å². The highest BCUT2D eigenvalue weighted by atomic mass is 32.2. The van der Waals surface area contributed by atoms with Crippen LogP contribution in [0.3, 0.4) is 0 Å². The number of amides is 1. The maximum Gasteiger partial charge on any atom is 0.251 e. The summed E-state index contributed by atoms with van der Waals surface area (Å²) >= 11 is 0. The van der Waals surface area contributed by atoms with E-state index in [0.29, 0.717) is 18.8 Å². The van der Waals surface area contributed by atoms with Crippen LogP contribution in [0.5, 0.6) is 0 Å². The summed E-state index contributed by atoms with van der Waals surface area (Å²) in [6.45, 7) is 6.16. The number of carbonyl (C=O) groups excluding carboxylic acids is 1. The Morgan fingerprint density at radius 1 is 1.27 bits per heavy atom. The molecule has 0 unspecified atom stereocenters. The van der Waals surface area contributed by atoms with Crippen molar-refractivity contribution in [1.82, 2.24) is 9.62 Å². The zero-order valence-corrected chi connectivity index (χ0v) is 15.7. The molecule has 2 heterocycles. The summed E-state index contributed by atoms with van der Waals surface area (Å²) < 4.78 is 45.6. The van der Waals surface area contributed by atoms with Gasteiger partial charge in [0.05, 0.1) is 6.04 Å². The number of sulfonamides is 1. The Morgan fingerprint density at radius 2 is 1.96 bits per heavy atom. The molecule has 1 N–H and O–H groups in total. The SMILES string of the molecule is Cc1cc([C@@H](C)NC(=O)c2ccc(F)c(S(=O)(=O)N3CCC3)c2)c(C)o1. The molecule has 0 aliphatic carbocycles. The minimum Gasteiger partial charge on any atom is -0.466 e. The lowest BCUT2D eigenvalue weighted by Gasteiger charge is -2.29. The highest BCUT2D eigenvalue weighted by Crippen LogP contribution is 2.25. The number of carbonyl (C=O) groups is 1. The molecule has 2 aromatic rings. The van der Waals surface area contributed by atoms with E-state index < -0.39 is 26.6 Å². The first-order chi connectivity index (χ1) is 12.2. The number of aryl methyl sites for hydroxylation is 2. The lowest BCUT2D eigenvalue weighted by Crippen LogP contribution is -2.42. The summed E-state index contributed by atoms with van der Waals surface area (Å²) in [6, 6.07) is 4.89. The van der Waals surface area contributed by atoms with Gasteiger partial charge in [-0.25, -0.2) is 12.8 Å². The quantitative estimate of drug-likeness (QED) is 0.865. The summed E-state index contributed by atoms with van der Waals surface area (Å²) in [6.07, 6.45) is 0.752. The van der Waals surface area contributed by atoms with Crippen LogP contribution in [-0.2, 0) is 10.0 Å². The third kappa shape index (κ3) is 3.39. The van der Waals surface area contributed by atoms with E-state index in [1.165, 1.54) is 10.4 Å². The topological polar surface area (TPSA) is 79.6 Å². The highest BCUT2D eigenvalue weighted by Gasteiger charge is 2.32. The molecule has 0 saturated carbocycles. The van der Waals surface area contributed by atoms with E-state index in [4.69, 9.17) is 4.42 Å². The minimum atomic E-state index is -3.91. The molecule has 0 bridgehead atoms. The molecule has 1 aliphatic rings. The van der Waals surface area contributed by atoms with E-state index in [9.17, 15) is 17.6 Å². The summed E-state index contributed by atoms with van der Waals surface area (Å²) in [4.78, 5) is 12.1. The van der Waals surface area contributed by atoms with Gasteiger partial charge < -0.3 is 9.73 Å². The Hall–Kier alpha value is -2.19. The van der Waals surface area contributed by atoms with Crippen molar-refractivity contribution in [3.05, 3.63) is 52.7 Å². The third-order valence-corrected chi connectivity index (χ3v) is 6.43. The normalized spacial score (nSPS) is 16.2. The van der Waals surface area contributed by atoms with E-state index in [2.05, 4.69) is 5.32 Å². The van der Waals surface area contributed by atoms with Gasteiger partial charge in [0, 0.05) is 24.2 Å². The van der Waals surface area contributed by atoms with Gasteiger partial charge in [-0.3, -0.25) is 4.79 Å². The lowest BCUT2D eigenvalue weighted by molar-refractivity contribution is 0.0939. The van der Waals surface area contributed by atoms with Crippen LogP contribution in [0.1, 0.15) is 46.8 Å². The Bertz CT molecular complexity index is 948. The van der Waals surface area contributed by atoms with Crippen molar-refractivity contribution >= 4 is 15.9 Å². The van der Waals surface area contributed by atoms with Crippen LogP contribution in [0.25, 0.3) is 0 Å². The Labute approximate surface area is 152 Å². The number of benzene rings is 1. The maximum absolute atomic E-state index is 14.1. The van der Waals surface area contributed by atoms with Crippen molar-refractivity contribution in [2.75, 3.05) is 13.1 Å². The lowest BCUT2D eigenvalue weighted by atomic mass is 10.1. The number of hydrogen-bond acceptors (Lipinski definition) is 4.